The fraction of sp³-hybridized carbons (Fsp3) is 0.808. The number of ether oxygens (including phenoxy) is 2. The largest absolute Gasteiger partial charge is 0.463 e. The van der Waals surface area contributed by atoms with Gasteiger partial charge in [-0.15, -0.1) is 0 Å². The van der Waals surface area contributed by atoms with E-state index in [9.17, 15) is 14.4 Å². The Morgan fingerprint density at radius 3 is 2.58 bits per heavy atom. The summed E-state index contributed by atoms with van der Waals surface area (Å²) in [6.45, 7) is 6.14. The minimum absolute atomic E-state index is 0.0495. The van der Waals surface area contributed by atoms with Crippen LogP contribution in [0.15, 0.2) is 11.8 Å². The second-order valence-corrected chi connectivity index (χ2v) is 11.4. The van der Waals surface area contributed by atoms with Gasteiger partial charge in [0.15, 0.2) is 0 Å². The van der Waals surface area contributed by atoms with Gasteiger partial charge < -0.3 is 9.47 Å². The van der Waals surface area contributed by atoms with Crippen molar-refractivity contribution in [3.05, 3.63) is 11.8 Å². The van der Waals surface area contributed by atoms with E-state index in [2.05, 4.69) is 13.8 Å². The summed E-state index contributed by atoms with van der Waals surface area (Å²) in [5.74, 6) is 2.36. The first kappa shape index (κ1) is 21.2. The van der Waals surface area contributed by atoms with Gasteiger partial charge in [0.05, 0.1) is 6.26 Å². The van der Waals surface area contributed by atoms with Crippen molar-refractivity contribution in [2.24, 2.45) is 40.4 Å². The molecule has 1 heterocycles. The molecule has 0 aromatic rings. The quantitative estimate of drug-likeness (QED) is 0.580. The molecule has 0 bridgehead atoms. The van der Waals surface area contributed by atoms with E-state index in [1.807, 2.05) is 0 Å². The van der Waals surface area contributed by atoms with Crippen LogP contribution in [0.3, 0.4) is 0 Å². The van der Waals surface area contributed by atoms with Crippen molar-refractivity contribution in [2.45, 2.75) is 91.1 Å². The molecule has 0 saturated heterocycles. The van der Waals surface area contributed by atoms with E-state index < -0.39 is 0 Å². The summed E-state index contributed by atoms with van der Waals surface area (Å²) >= 11 is 0. The van der Waals surface area contributed by atoms with Crippen molar-refractivity contribution in [1.82, 2.24) is 0 Å². The Kier molecular flexibility index (Phi) is 5.10. The second-order valence-electron chi connectivity index (χ2n) is 11.4. The van der Waals surface area contributed by atoms with Crippen LogP contribution in [0.1, 0.15) is 85.0 Å². The number of carbonyl (C=O) groups is 3. The standard InChI is InChI=1S/C26H36O5/c1-15(27)31-18-10-11-25(2)17(12-18)5-6-19-21-8-7-20(16-4-9-24(29)30-14-16)26(21,3)23(28)13-22(19)25/h14,17-22H,4-13H2,1-3H3/t17-,18+,19+,20-,21+,22+,25+,26-/m1/s1. The van der Waals surface area contributed by atoms with Crippen LogP contribution in [0.4, 0.5) is 0 Å². The van der Waals surface area contributed by atoms with E-state index in [4.69, 9.17) is 9.47 Å². The molecule has 8 atom stereocenters. The lowest BCUT2D eigenvalue weighted by molar-refractivity contribution is -0.165. The van der Waals surface area contributed by atoms with Crippen molar-refractivity contribution >= 4 is 17.7 Å². The van der Waals surface area contributed by atoms with E-state index in [-0.39, 0.29) is 34.8 Å². The van der Waals surface area contributed by atoms with Gasteiger partial charge in [-0.25, -0.2) is 0 Å². The van der Waals surface area contributed by atoms with E-state index in [1.165, 1.54) is 25.3 Å². The van der Waals surface area contributed by atoms with Crippen molar-refractivity contribution in [3.8, 4) is 0 Å². The number of Topliss-reactive ketones (excluding diaryl/α,β-unsaturated/α-hetero) is 1. The summed E-state index contributed by atoms with van der Waals surface area (Å²) in [5.41, 5.74) is 1.04. The summed E-state index contributed by atoms with van der Waals surface area (Å²) in [7, 11) is 0. The third-order valence-electron chi connectivity index (χ3n) is 10.2. The molecule has 0 unspecified atom stereocenters. The Hall–Kier alpha value is -1.65. The van der Waals surface area contributed by atoms with Gasteiger partial charge in [0, 0.05) is 25.2 Å². The molecule has 4 fully saturated rings. The van der Waals surface area contributed by atoms with E-state index in [0.717, 1.165) is 38.5 Å². The van der Waals surface area contributed by atoms with Crippen LogP contribution in [0.5, 0.6) is 0 Å². The van der Waals surface area contributed by atoms with Crippen LogP contribution in [-0.4, -0.2) is 23.8 Å². The summed E-state index contributed by atoms with van der Waals surface area (Å²) < 4.78 is 10.8. The zero-order valence-electron chi connectivity index (χ0n) is 19.2. The number of esters is 2. The van der Waals surface area contributed by atoms with Gasteiger partial charge in [-0.1, -0.05) is 13.8 Å². The SMILES string of the molecule is CC(=O)O[C@H]1CC[C@@]2(C)[C@H](CC[C@@H]3[C@@H]2CC(=O)[C@]2(C)[C@@H](C4=COC(=O)CC4)CC[C@@H]32)C1. The van der Waals surface area contributed by atoms with Gasteiger partial charge in [-0.2, -0.15) is 0 Å². The summed E-state index contributed by atoms with van der Waals surface area (Å²) in [4.78, 5) is 36.8. The van der Waals surface area contributed by atoms with E-state index in [1.54, 1.807) is 6.26 Å². The highest BCUT2D eigenvalue weighted by Gasteiger charge is 2.64. The third-order valence-corrected chi connectivity index (χ3v) is 10.2. The van der Waals surface area contributed by atoms with Crippen LogP contribution in [0, 0.1) is 40.4 Å². The van der Waals surface area contributed by atoms with Gasteiger partial charge >= 0.3 is 11.9 Å². The van der Waals surface area contributed by atoms with Crippen LogP contribution >= 0.6 is 0 Å². The molecular formula is C26H36O5. The zero-order chi connectivity index (χ0) is 22.0. The minimum Gasteiger partial charge on any atom is -0.463 e. The molecule has 5 nitrogen and oxygen atoms in total. The van der Waals surface area contributed by atoms with Crippen molar-refractivity contribution < 1.29 is 23.9 Å². The Labute approximate surface area is 185 Å². The number of rotatable bonds is 2. The number of hydrogen-bond donors (Lipinski definition) is 0. The predicted molar refractivity (Wildman–Crippen MR) is 115 cm³/mol. The molecule has 4 saturated carbocycles. The second kappa shape index (κ2) is 7.45. The highest BCUT2D eigenvalue weighted by Crippen LogP contribution is 2.67. The molecule has 0 radical (unpaired) electrons. The van der Waals surface area contributed by atoms with Crippen LogP contribution in [0.25, 0.3) is 0 Å². The lowest BCUT2D eigenvalue weighted by Crippen LogP contribution is -2.57. The minimum atomic E-state index is -0.311. The van der Waals surface area contributed by atoms with Crippen LogP contribution in [-0.2, 0) is 23.9 Å². The monoisotopic (exact) mass is 428 g/mol. The summed E-state index contributed by atoms with van der Waals surface area (Å²) in [6.07, 6.45) is 11.0. The van der Waals surface area contributed by atoms with E-state index >= 15 is 0 Å². The van der Waals surface area contributed by atoms with Gasteiger partial charge in [0.1, 0.15) is 11.9 Å². The molecule has 5 heteroatoms. The number of ketones is 1. The lowest BCUT2D eigenvalue weighted by Gasteiger charge is -2.60. The number of allylic oxidation sites excluding steroid dienone is 1. The molecule has 0 amide bonds. The molecule has 0 aromatic heterocycles. The fourth-order valence-corrected chi connectivity index (χ4v) is 8.62. The molecular weight excluding hydrogens is 392 g/mol. The first-order valence-corrected chi connectivity index (χ1v) is 12.3. The maximum absolute atomic E-state index is 13.8. The normalized spacial score (nSPS) is 46.9. The average Bonchev–Trinajstić information content (AvgIpc) is 3.08. The fourth-order valence-electron chi connectivity index (χ4n) is 8.62. The van der Waals surface area contributed by atoms with Crippen molar-refractivity contribution in [3.63, 3.8) is 0 Å². The number of cyclic esters (lactones) is 1. The molecule has 0 aromatic carbocycles. The molecule has 170 valence electrons. The van der Waals surface area contributed by atoms with E-state index in [0.29, 0.717) is 42.3 Å². The zero-order valence-corrected chi connectivity index (χ0v) is 19.2. The predicted octanol–water partition coefficient (Wildman–Crippen LogP) is 4.98. The highest BCUT2D eigenvalue weighted by atomic mass is 16.5. The molecule has 0 spiro atoms. The number of carbonyl (C=O) groups excluding carboxylic acids is 3. The van der Waals surface area contributed by atoms with Crippen LogP contribution < -0.4 is 0 Å². The maximum atomic E-state index is 13.8. The van der Waals surface area contributed by atoms with Crippen molar-refractivity contribution in [1.29, 1.82) is 0 Å². The Morgan fingerprint density at radius 2 is 1.87 bits per heavy atom. The lowest BCUT2D eigenvalue weighted by atomic mass is 9.44. The average molecular weight is 429 g/mol. The Bertz CT molecular complexity index is 830. The van der Waals surface area contributed by atoms with Gasteiger partial charge in [-0.05, 0) is 91.9 Å². The number of fused-ring (bicyclic) bond motifs is 5. The maximum Gasteiger partial charge on any atom is 0.310 e. The molecule has 0 N–H and O–H groups in total. The van der Waals surface area contributed by atoms with Gasteiger partial charge in [0.25, 0.3) is 0 Å². The third kappa shape index (κ3) is 3.21. The molecule has 5 aliphatic rings. The highest BCUT2D eigenvalue weighted by molar-refractivity contribution is 5.87. The number of hydrogen-bond acceptors (Lipinski definition) is 5. The Balaban J connectivity index is 1.39. The summed E-state index contributed by atoms with van der Waals surface area (Å²) in [5, 5.41) is 0. The molecule has 31 heavy (non-hydrogen) atoms. The first-order valence-electron chi connectivity index (χ1n) is 12.3. The van der Waals surface area contributed by atoms with Gasteiger partial charge in [-0.3, -0.25) is 14.4 Å². The first-order chi connectivity index (χ1) is 14.7. The molecule has 4 aliphatic carbocycles. The van der Waals surface area contributed by atoms with Gasteiger partial charge in [0.2, 0.25) is 0 Å². The van der Waals surface area contributed by atoms with Crippen molar-refractivity contribution in [2.75, 3.05) is 0 Å². The smallest absolute Gasteiger partial charge is 0.310 e. The molecule has 5 rings (SSSR count). The molecule has 1 aliphatic heterocycles. The summed E-state index contributed by atoms with van der Waals surface area (Å²) in [6, 6.07) is 0. The topological polar surface area (TPSA) is 69.7 Å². The van der Waals surface area contributed by atoms with Crippen LogP contribution in [0.2, 0.25) is 0 Å². The Morgan fingerprint density at radius 1 is 1.06 bits per heavy atom.